The third-order valence-corrected chi connectivity index (χ3v) is 6.66. The second kappa shape index (κ2) is 13.0. The number of ether oxygens (including phenoxy) is 2. The van der Waals surface area contributed by atoms with Crippen LogP contribution in [0.3, 0.4) is 0 Å². The van der Waals surface area contributed by atoms with Crippen molar-refractivity contribution in [2.45, 2.75) is 13.1 Å². The molecule has 0 saturated heterocycles. The number of carbonyl (C=O) groups excluding carboxylic acids is 2. The van der Waals surface area contributed by atoms with E-state index in [1.54, 1.807) is 55.5 Å². The Labute approximate surface area is 256 Å². The van der Waals surface area contributed by atoms with Crippen LogP contribution in [0.4, 0.5) is 24.5 Å². The first-order valence-electron chi connectivity index (χ1n) is 13.5. The highest BCUT2D eigenvalue weighted by Gasteiger charge is 2.32. The molecule has 4 aromatic carbocycles. The van der Waals surface area contributed by atoms with Gasteiger partial charge in [-0.15, -0.1) is 0 Å². The lowest BCUT2D eigenvalue weighted by molar-refractivity contribution is -0.137. The lowest BCUT2D eigenvalue weighted by atomic mass is 10.00. The molecule has 0 aromatic heterocycles. The Bertz CT molecular complexity index is 1740. The molecule has 0 atom stereocenters. The predicted octanol–water partition coefficient (Wildman–Crippen LogP) is 7.61. The lowest BCUT2D eigenvalue weighted by Crippen LogP contribution is -2.21. The van der Waals surface area contributed by atoms with Gasteiger partial charge in [0.15, 0.2) is 18.1 Å². The summed E-state index contributed by atoms with van der Waals surface area (Å²) in [6, 6.07) is 25.3. The zero-order chi connectivity index (χ0) is 31.3. The summed E-state index contributed by atoms with van der Waals surface area (Å²) in [5.74, 6) is -0.436. The predicted molar refractivity (Wildman–Crippen MR) is 163 cm³/mol. The minimum Gasteiger partial charge on any atom is -0.490 e. The summed E-state index contributed by atoms with van der Waals surface area (Å²) in [4.78, 5) is 26.1. The van der Waals surface area contributed by atoms with Gasteiger partial charge in [0, 0.05) is 16.3 Å². The van der Waals surface area contributed by atoms with Gasteiger partial charge in [-0.25, -0.2) is 0 Å². The largest absolute Gasteiger partial charge is 0.490 e. The Morgan fingerprint density at radius 2 is 1.68 bits per heavy atom. The molecule has 1 aliphatic heterocycles. The summed E-state index contributed by atoms with van der Waals surface area (Å²) in [5, 5.41) is 8.87. The SMILES string of the molecule is CCOc1cc(/C=C2\C(=O)N(c3ccc(Cl)cc3)N=C2c2ccccc2)ccc1OCC(=O)Nc1cccc(C(F)(F)F)c1. The van der Waals surface area contributed by atoms with Crippen molar-refractivity contribution in [2.24, 2.45) is 5.10 Å². The number of hydrazone groups is 1. The average molecular weight is 620 g/mol. The maximum absolute atomic E-state index is 13.6. The maximum Gasteiger partial charge on any atom is 0.416 e. The molecule has 1 aliphatic rings. The van der Waals surface area contributed by atoms with Crippen LogP contribution >= 0.6 is 11.6 Å². The van der Waals surface area contributed by atoms with E-state index in [-0.39, 0.29) is 24.0 Å². The van der Waals surface area contributed by atoms with Gasteiger partial charge in [0.1, 0.15) is 5.71 Å². The number of hydrogen-bond donors (Lipinski definition) is 1. The van der Waals surface area contributed by atoms with Crippen molar-refractivity contribution >= 4 is 46.6 Å². The van der Waals surface area contributed by atoms with Gasteiger partial charge in [-0.1, -0.05) is 54.1 Å². The Balaban J connectivity index is 1.37. The Hall–Kier alpha value is -5.09. The van der Waals surface area contributed by atoms with E-state index in [1.165, 1.54) is 17.1 Å². The fraction of sp³-hybridized carbons (Fsp3) is 0.121. The molecule has 0 bridgehead atoms. The summed E-state index contributed by atoms with van der Waals surface area (Å²) in [7, 11) is 0. The van der Waals surface area contributed by atoms with Gasteiger partial charge in [-0.3, -0.25) is 9.59 Å². The minimum atomic E-state index is -4.54. The first-order valence-corrected chi connectivity index (χ1v) is 13.8. The third-order valence-electron chi connectivity index (χ3n) is 6.41. The smallest absolute Gasteiger partial charge is 0.416 e. The van der Waals surface area contributed by atoms with E-state index in [1.807, 2.05) is 30.3 Å². The number of anilines is 2. The molecule has 224 valence electrons. The van der Waals surface area contributed by atoms with E-state index < -0.39 is 24.3 Å². The van der Waals surface area contributed by atoms with Crippen LogP contribution in [0.5, 0.6) is 11.5 Å². The highest BCUT2D eigenvalue weighted by molar-refractivity contribution is 6.37. The summed E-state index contributed by atoms with van der Waals surface area (Å²) in [6.45, 7) is 1.59. The molecule has 1 heterocycles. The third kappa shape index (κ3) is 7.09. The van der Waals surface area contributed by atoms with Crippen LogP contribution in [0.2, 0.25) is 5.02 Å². The molecule has 0 radical (unpaired) electrons. The first kappa shape index (κ1) is 30.4. The second-order valence-corrected chi connectivity index (χ2v) is 9.96. The molecular weight excluding hydrogens is 595 g/mol. The Kier molecular flexibility index (Phi) is 9.01. The van der Waals surface area contributed by atoms with Gasteiger partial charge in [-0.2, -0.15) is 23.3 Å². The molecule has 0 unspecified atom stereocenters. The van der Waals surface area contributed by atoms with Gasteiger partial charge in [-0.05, 0) is 73.2 Å². The number of hydrogen-bond acceptors (Lipinski definition) is 5. The van der Waals surface area contributed by atoms with E-state index in [2.05, 4.69) is 10.4 Å². The fourth-order valence-electron chi connectivity index (χ4n) is 4.39. The van der Waals surface area contributed by atoms with Crippen LogP contribution in [0, 0.1) is 0 Å². The maximum atomic E-state index is 13.6. The monoisotopic (exact) mass is 619 g/mol. The van der Waals surface area contributed by atoms with Crippen molar-refractivity contribution in [3.05, 3.63) is 124 Å². The molecule has 44 heavy (non-hydrogen) atoms. The first-order chi connectivity index (χ1) is 21.1. The lowest BCUT2D eigenvalue weighted by Gasteiger charge is -2.14. The van der Waals surface area contributed by atoms with Crippen molar-refractivity contribution in [2.75, 3.05) is 23.5 Å². The van der Waals surface area contributed by atoms with Crippen molar-refractivity contribution in [3.63, 3.8) is 0 Å². The number of rotatable bonds is 9. The number of amides is 2. The van der Waals surface area contributed by atoms with Gasteiger partial charge in [0.2, 0.25) is 0 Å². The molecule has 11 heteroatoms. The number of nitrogens with zero attached hydrogens (tertiary/aromatic N) is 2. The van der Waals surface area contributed by atoms with Gasteiger partial charge >= 0.3 is 6.18 Å². The van der Waals surface area contributed by atoms with E-state index in [0.29, 0.717) is 33.3 Å². The summed E-state index contributed by atoms with van der Waals surface area (Å²) in [6.07, 6.45) is -2.84. The fourth-order valence-corrected chi connectivity index (χ4v) is 4.52. The molecule has 7 nitrogen and oxygen atoms in total. The van der Waals surface area contributed by atoms with Gasteiger partial charge in [0.25, 0.3) is 11.8 Å². The number of alkyl halides is 3. The number of carbonyl (C=O) groups is 2. The topological polar surface area (TPSA) is 80.2 Å². The average Bonchev–Trinajstić information content (AvgIpc) is 3.33. The zero-order valence-corrected chi connectivity index (χ0v) is 24.0. The number of benzene rings is 4. The quantitative estimate of drug-likeness (QED) is 0.196. The molecular formula is C33H25ClF3N3O4. The van der Waals surface area contributed by atoms with Crippen molar-refractivity contribution < 1.29 is 32.2 Å². The molecule has 5 rings (SSSR count). The molecule has 0 aliphatic carbocycles. The van der Waals surface area contributed by atoms with Crippen molar-refractivity contribution in [3.8, 4) is 11.5 Å². The zero-order valence-electron chi connectivity index (χ0n) is 23.3. The summed E-state index contributed by atoms with van der Waals surface area (Å²) < 4.78 is 50.4. The van der Waals surface area contributed by atoms with Crippen LogP contribution in [0.1, 0.15) is 23.6 Å². The normalized spacial score (nSPS) is 14.0. The van der Waals surface area contributed by atoms with Crippen LogP contribution in [0.25, 0.3) is 6.08 Å². The van der Waals surface area contributed by atoms with E-state index in [4.69, 9.17) is 21.1 Å². The van der Waals surface area contributed by atoms with Crippen LogP contribution < -0.4 is 19.8 Å². The molecule has 2 amide bonds. The van der Waals surface area contributed by atoms with Gasteiger partial charge < -0.3 is 14.8 Å². The molecule has 1 N–H and O–H groups in total. The summed E-state index contributed by atoms with van der Waals surface area (Å²) in [5.41, 5.74) is 1.86. The molecule has 0 spiro atoms. The highest BCUT2D eigenvalue weighted by Crippen LogP contribution is 2.33. The van der Waals surface area contributed by atoms with E-state index in [9.17, 15) is 22.8 Å². The summed E-state index contributed by atoms with van der Waals surface area (Å²) >= 11 is 6.03. The molecule has 0 fully saturated rings. The van der Waals surface area contributed by atoms with Crippen molar-refractivity contribution in [1.29, 1.82) is 0 Å². The number of halogens is 4. The second-order valence-electron chi connectivity index (χ2n) is 9.52. The number of nitrogens with one attached hydrogen (secondary N) is 1. The molecule has 0 saturated carbocycles. The Morgan fingerprint density at radius 3 is 2.39 bits per heavy atom. The van der Waals surface area contributed by atoms with Crippen molar-refractivity contribution in [1.82, 2.24) is 0 Å². The molecule has 4 aromatic rings. The van der Waals surface area contributed by atoms with Gasteiger partial charge in [0.05, 0.1) is 23.4 Å². The highest BCUT2D eigenvalue weighted by atomic mass is 35.5. The van der Waals surface area contributed by atoms with Crippen LogP contribution in [0.15, 0.2) is 108 Å². The van der Waals surface area contributed by atoms with Crippen LogP contribution in [-0.2, 0) is 15.8 Å². The van der Waals surface area contributed by atoms with E-state index >= 15 is 0 Å². The minimum absolute atomic E-state index is 0.00908. The van der Waals surface area contributed by atoms with Crippen LogP contribution in [-0.4, -0.2) is 30.7 Å². The Morgan fingerprint density at radius 1 is 0.932 bits per heavy atom. The van der Waals surface area contributed by atoms with E-state index in [0.717, 1.165) is 17.7 Å². The standard InChI is InChI=1S/C33H25ClF3N3O4/c1-2-43-29-18-21(11-16-28(29)44-20-30(41)38-25-10-6-9-23(19-25)33(35,36)37)17-27-31(22-7-4-3-5-8-22)39-40(32(27)42)26-14-12-24(34)13-15-26/h3-19H,2,20H2,1H3,(H,38,41)/b27-17-.